The maximum atomic E-state index is 12.0. The molecule has 116 valence electrons. The Morgan fingerprint density at radius 3 is 2.71 bits per heavy atom. The average molecular weight is 332 g/mol. The molecule has 0 radical (unpaired) electrons. The van der Waals surface area contributed by atoms with Crippen LogP contribution < -0.4 is 4.90 Å². The molecule has 3 rings (SSSR count). The topological polar surface area (TPSA) is 72.4 Å². The van der Waals surface area contributed by atoms with Crippen molar-refractivity contribution in [3.05, 3.63) is 17.0 Å². The van der Waals surface area contributed by atoms with Crippen molar-refractivity contribution in [1.29, 1.82) is 0 Å². The smallest absolute Gasteiger partial charge is 0.224 e. The van der Waals surface area contributed by atoms with Crippen LogP contribution in [0.4, 0.5) is 5.82 Å². The minimum absolute atomic E-state index is 0.0936. The minimum atomic E-state index is -3.21. The zero-order valence-corrected chi connectivity index (χ0v) is 13.6. The summed E-state index contributed by atoms with van der Waals surface area (Å²) in [6.45, 7) is 3.99. The van der Waals surface area contributed by atoms with Gasteiger partial charge in [0.15, 0.2) is 9.84 Å². The van der Waals surface area contributed by atoms with Crippen molar-refractivity contribution in [3.63, 3.8) is 0 Å². The van der Waals surface area contributed by atoms with E-state index < -0.39 is 14.6 Å². The zero-order valence-electron chi connectivity index (χ0n) is 12.0. The van der Waals surface area contributed by atoms with Crippen molar-refractivity contribution in [2.45, 2.75) is 30.6 Å². The van der Waals surface area contributed by atoms with Crippen LogP contribution >= 0.6 is 11.6 Å². The number of halogens is 1. The Morgan fingerprint density at radius 1 is 1.43 bits per heavy atom. The maximum absolute atomic E-state index is 12.0. The number of anilines is 1. The van der Waals surface area contributed by atoms with Gasteiger partial charge in [0.25, 0.3) is 0 Å². The fraction of sp³-hybridized carbons (Fsp3) is 0.692. The monoisotopic (exact) mass is 331 g/mol. The number of hydrogen-bond acceptors (Lipinski definition) is 6. The molecule has 0 N–H and O–H groups in total. The van der Waals surface area contributed by atoms with Crippen LogP contribution in [0.2, 0.25) is 5.28 Å². The number of morpholine rings is 1. The number of sulfone groups is 1. The van der Waals surface area contributed by atoms with Crippen molar-refractivity contribution in [2.24, 2.45) is 0 Å². The van der Waals surface area contributed by atoms with E-state index in [0.29, 0.717) is 44.1 Å². The van der Waals surface area contributed by atoms with Gasteiger partial charge in [0.2, 0.25) is 5.28 Å². The fourth-order valence-electron chi connectivity index (χ4n) is 2.78. The lowest BCUT2D eigenvalue weighted by atomic mass is 10.2. The molecule has 8 heteroatoms. The van der Waals surface area contributed by atoms with Gasteiger partial charge in [-0.1, -0.05) is 0 Å². The van der Waals surface area contributed by atoms with Crippen LogP contribution in [0.15, 0.2) is 6.07 Å². The van der Waals surface area contributed by atoms with Crippen molar-refractivity contribution in [3.8, 4) is 0 Å². The minimum Gasteiger partial charge on any atom is -0.377 e. The third-order valence-electron chi connectivity index (χ3n) is 4.23. The van der Waals surface area contributed by atoms with E-state index in [1.165, 1.54) is 6.26 Å². The number of hydrogen-bond donors (Lipinski definition) is 0. The molecule has 1 aromatic heterocycles. The summed E-state index contributed by atoms with van der Waals surface area (Å²) < 4.78 is 28.6. The molecule has 2 aliphatic rings. The Bertz CT molecular complexity index is 661. The van der Waals surface area contributed by atoms with Gasteiger partial charge in [0, 0.05) is 18.9 Å². The highest BCUT2D eigenvalue weighted by atomic mass is 35.5. The normalized spacial score (nSPS) is 24.9. The highest BCUT2D eigenvalue weighted by Gasteiger charge is 2.55. The third kappa shape index (κ3) is 2.62. The van der Waals surface area contributed by atoms with Gasteiger partial charge in [-0.25, -0.2) is 18.4 Å². The van der Waals surface area contributed by atoms with Gasteiger partial charge in [0.05, 0.1) is 24.9 Å². The van der Waals surface area contributed by atoms with Gasteiger partial charge in [-0.15, -0.1) is 0 Å². The summed E-state index contributed by atoms with van der Waals surface area (Å²) in [6.07, 6.45) is 2.45. The van der Waals surface area contributed by atoms with Gasteiger partial charge in [-0.3, -0.25) is 0 Å². The molecule has 6 nitrogen and oxygen atoms in total. The van der Waals surface area contributed by atoms with Crippen molar-refractivity contribution < 1.29 is 13.2 Å². The van der Waals surface area contributed by atoms with Crippen molar-refractivity contribution in [1.82, 2.24) is 9.97 Å². The highest BCUT2D eigenvalue weighted by molar-refractivity contribution is 7.91. The van der Waals surface area contributed by atoms with Gasteiger partial charge in [-0.2, -0.15) is 0 Å². The summed E-state index contributed by atoms with van der Waals surface area (Å²) in [6, 6.07) is 1.94. The quantitative estimate of drug-likeness (QED) is 0.779. The molecule has 0 aromatic carbocycles. The molecule has 21 heavy (non-hydrogen) atoms. The SMILES string of the molecule is C[C@@H]1COCCN1c1cc(C2(S(C)(=O)=O)CC2)nc(Cl)n1. The lowest BCUT2D eigenvalue weighted by molar-refractivity contribution is 0.0985. The number of aromatic nitrogens is 2. The molecule has 1 aromatic rings. The summed E-state index contributed by atoms with van der Waals surface area (Å²) >= 11 is 6.03. The second kappa shape index (κ2) is 5.07. The van der Waals surface area contributed by atoms with Crippen LogP contribution in [-0.4, -0.2) is 50.4 Å². The van der Waals surface area contributed by atoms with E-state index in [9.17, 15) is 8.42 Å². The molecule has 0 unspecified atom stereocenters. The summed E-state index contributed by atoms with van der Waals surface area (Å²) in [4.78, 5) is 10.5. The molecule has 0 spiro atoms. The molecule has 2 heterocycles. The molecular formula is C13H18ClN3O3S. The van der Waals surface area contributed by atoms with Crippen LogP contribution in [0.1, 0.15) is 25.5 Å². The van der Waals surface area contributed by atoms with Crippen LogP contribution in [-0.2, 0) is 19.3 Å². The van der Waals surface area contributed by atoms with Gasteiger partial charge in [-0.05, 0) is 31.4 Å². The van der Waals surface area contributed by atoms with E-state index in [2.05, 4.69) is 14.9 Å². The lowest BCUT2D eigenvalue weighted by Gasteiger charge is -2.34. The van der Waals surface area contributed by atoms with Crippen LogP contribution in [0, 0.1) is 0 Å². The molecule has 2 fully saturated rings. The predicted octanol–water partition coefficient (Wildman–Crippen LogP) is 1.39. The first-order chi connectivity index (χ1) is 9.83. The fourth-order valence-corrected chi connectivity index (χ4v) is 4.29. The van der Waals surface area contributed by atoms with Crippen LogP contribution in [0.5, 0.6) is 0 Å². The van der Waals surface area contributed by atoms with E-state index in [1.807, 2.05) is 6.92 Å². The average Bonchev–Trinajstić information content (AvgIpc) is 3.19. The van der Waals surface area contributed by atoms with E-state index in [1.54, 1.807) is 6.07 Å². The first kappa shape index (κ1) is 15.0. The molecule has 0 amide bonds. The Labute approximate surface area is 129 Å². The summed E-state index contributed by atoms with van der Waals surface area (Å²) in [7, 11) is -3.21. The predicted molar refractivity (Wildman–Crippen MR) is 80.4 cm³/mol. The van der Waals surface area contributed by atoms with Crippen molar-refractivity contribution in [2.75, 3.05) is 30.9 Å². The van der Waals surface area contributed by atoms with Crippen molar-refractivity contribution >= 4 is 27.3 Å². The Morgan fingerprint density at radius 2 is 2.14 bits per heavy atom. The standard InChI is InChI=1S/C13H18ClN3O3S/c1-9-8-20-6-5-17(9)11-7-10(15-12(14)16-11)13(3-4-13)21(2,18)19/h7,9H,3-6,8H2,1-2H3/t9-/m1/s1. The zero-order chi connectivity index (χ0) is 15.3. The first-order valence-electron chi connectivity index (χ1n) is 6.92. The molecule has 1 saturated heterocycles. The molecule has 1 saturated carbocycles. The van der Waals surface area contributed by atoms with Gasteiger partial charge in [0.1, 0.15) is 10.6 Å². The molecule has 0 bridgehead atoms. The first-order valence-corrected chi connectivity index (χ1v) is 9.19. The molecular weight excluding hydrogens is 314 g/mol. The van der Waals surface area contributed by atoms with E-state index in [0.717, 1.165) is 0 Å². The Hall–Kier alpha value is -0.920. The van der Waals surface area contributed by atoms with Crippen LogP contribution in [0.25, 0.3) is 0 Å². The van der Waals surface area contributed by atoms with E-state index in [-0.39, 0.29) is 11.3 Å². The summed E-state index contributed by atoms with van der Waals surface area (Å²) in [5.41, 5.74) is 0.513. The number of nitrogens with zero attached hydrogens (tertiary/aromatic N) is 3. The van der Waals surface area contributed by atoms with Gasteiger partial charge >= 0.3 is 0 Å². The summed E-state index contributed by atoms with van der Waals surface area (Å²) in [5, 5.41) is 0.0936. The Balaban J connectivity index is 2.01. The summed E-state index contributed by atoms with van der Waals surface area (Å²) in [5.74, 6) is 0.677. The molecule has 1 atom stereocenters. The third-order valence-corrected chi connectivity index (χ3v) is 6.43. The van der Waals surface area contributed by atoms with E-state index >= 15 is 0 Å². The number of rotatable bonds is 3. The van der Waals surface area contributed by atoms with Gasteiger partial charge < -0.3 is 9.64 Å². The second-order valence-corrected chi connectivity index (χ2v) is 8.43. The molecule has 1 aliphatic heterocycles. The van der Waals surface area contributed by atoms with Crippen LogP contribution in [0.3, 0.4) is 0 Å². The van der Waals surface area contributed by atoms with E-state index in [4.69, 9.17) is 16.3 Å². The molecule has 1 aliphatic carbocycles. The maximum Gasteiger partial charge on any atom is 0.224 e. The highest BCUT2D eigenvalue weighted by Crippen LogP contribution is 2.52. The lowest BCUT2D eigenvalue weighted by Crippen LogP contribution is -2.44. The number of ether oxygens (including phenoxy) is 1. The Kier molecular flexibility index (Phi) is 3.62. The second-order valence-electron chi connectivity index (χ2n) is 5.76. The largest absolute Gasteiger partial charge is 0.377 e.